The van der Waals surface area contributed by atoms with E-state index in [2.05, 4.69) is 20.9 Å². The molecule has 68 valence electrons. The molecule has 13 heavy (non-hydrogen) atoms. The molecule has 0 saturated carbocycles. The molecule has 0 spiro atoms. The average molecular weight is 276 g/mol. The van der Waals surface area contributed by atoms with Crippen LogP contribution in [-0.2, 0) is 0 Å². The van der Waals surface area contributed by atoms with Gasteiger partial charge >= 0.3 is 0 Å². The summed E-state index contributed by atoms with van der Waals surface area (Å²) in [6.45, 7) is 1.80. The number of halogens is 1. The van der Waals surface area contributed by atoms with Crippen LogP contribution in [0.15, 0.2) is 15.9 Å². The molecule has 2 nitrogen and oxygen atoms in total. The second-order valence-electron chi connectivity index (χ2n) is 2.54. The molecular weight excluding hydrogens is 270 g/mol. The number of thiazole rings is 1. The smallest absolute Gasteiger partial charge is 0.195 e. The van der Waals surface area contributed by atoms with Gasteiger partial charge in [0.25, 0.3) is 0 Å². The summed E-state index contributed by atoms with van der Waals surface area (Å²) in [5.41, 5.74) is 0.699. The van der Waals surface area contributed by atoms with E-state index in [1.165, 1.54) is 11.3 Å². The molecule has 1 N–H and O–H groups in total. The first-order valence-electron chi connectivity index (χ1n) is 3.57. The summed E-state index contributed by atoms with van der Waals surface area (Å²) in [6.07, 6.45) is 0. The van der Waals surface area contributed by atoms with E-state index in [0.29, 0.717) is 10.8 Å². The maximum Gasteiger partial charge on any atom is 0.195 e. The molecular formula is C8H6BrNOS2. The Hall–Kier alpha value is -0.390. The highest BCUT2D eigenvalue weighted by atomic mass is 79.9. The zero-order valence-corrected chi connectivity index (χ0v) is 9.96. The molecule has 0 aliphatic carbocycles. The van der Waals surface area contributed by atoms with Gasteiger partial charge in [0.15, 0.2) is 5.06 Å². The molecule has 0 fully saturated rings. The number of aromatic hydroxyl groups is 1. The minimum Gasteiger partial charge on any atom is -0.498 e. The van der Waals surface area contributed by atoms with Crippen molar-refractivity contribution in [3.8, 4) is 14.9 Å². The maximum absolute atomic E-state index is 9.36. The van der Waals surface area contributed by atoms with Crippen LogP contribution < -0.4 is 0 Å². The Labute approximate surface area is 92.0 Å². The van der Waals surface area contributed by atoms with Crippen LogP contribution >= 0.6 is 38.6 Å². The first kappa shape index (κ1) is 9.18. The number of aryl methyl sites for hydroxylation is 1. The topological polar surface area (TPSA) is 33.1 Å². The predicted molar refractivity (Wildman–Crippen MR) is 59.5 cm³/mol. The second-order valence-corrected chi connectivity index (χ2v) is 5.34. The van der Waals surface area contributed by atoms with Crippen LogP contribution in [0.2, 0.25) is 0 Å². The molecule has 0 saturated heterocycles. The lowest BCUT2D eigenvalue weighted by Gasteiger charge is -1.84. The summed E-state index contributed by atoms with van der Waals surface area (Å²) in [5.74, 6) is 0. The Kier molecular flexibility index (Phi) is 2.40. The third kappa shape index (κ3) is 1.77. The number of aromatic nitrogens is 1. The van der Waals surface area contributed by atoms with Crippen molar-refractivity contribution in [1.29, 1.82) is 0 Å². The van der Waals surface area contributed by atoms with Gasteiger partial charge in [-0.05, 0) is 28.9 Å². The van der Waals surface area contributed by atoms with Crippen molar-refractivity contribution in [1.82, 2.24) is 4.98 Å². The van der Waals surface area contributed by atoms with Gasteiger partial charge in [-0.1, -0.05) is 11.3 Å². The van der Waals surface area contributed by atoms with Gasteiger partial charge in [-0.25, -0.2) is 4.98 Å². The van der Waals surface area contributed by atoms with Crippen LogP contribution in [0, 0.1) is 6.92 Å². The fraction of sp³-hybridized carbons (Fsp3) is 0.125. The van der Waals surface area contributed by atoms with E-state index in [0.717, 1.165) is 14.4 Å². The van der Waals surface area contributed by atoms with Gasteiger partial charge < -0.3 is 5.11 Å². The van der Waals surface area contributed by atoms with Crippen molar-refractivity contribution < 1.29 is 5.11 Å². The monoisotopic (exact) mass is 275 g/mol. The average Bonchev–Trinajstić information content (AvgIpc) is 2.61. The summed E-state index contributed by atoms with van der Waals surface area (Å²) in [7, 11) is 0. The molecule has 5 heteroatoms. The highest BCUT2D eigenvalue weighted by Gasteiger charge is 2.09. The lowest BCUT2D eigenvalue weighted by atomic mass is 10.5. The quantitative estimate of drug-likeness (QED) is 0.862. The SMILES string of the molecule is Cc1nc(-c2cc(Br)cs2)sc1O. The highest BCUT2D eigenvalue weighted by Crippen LogP contribution is 2.36. The molecule has 0 aliphatic rings. The number of hydrogen-bond donors (Lipinski definition) is 1. The van der Waals surface area contributed by atoms with Crippen LogP contribution in [0.3, 0.4) is 0 Å². The Balaban J connectivity index is 2.46. The second kappa shape index (κ2) is 3.40. The zero-order chi connectivity index (χ0) is 9.42. The summed E-state index contributed by atoms with van der Waals surface area (Å²) >= 11 is 6.31. The fourth-order valence-electron chi connectivity index (χ4n) is 0.919. The van der Waals surface area contributed by atoms with Crippen molar-refractivity contribution in [2.24, 2.45) is 0 Å². The first-order valence-corrected chi connectivity index (χ1v) is 6.06. The number of rotatable bonds is 1. The van der Waals surface area contributed by atoms with Crippen LogP contribution in [0.25, 0.3) is 9.88 Å². The van der Waals surface area contributed by atoms with Crippen molar-refractivity contribution >= 4 is 38.6 Å². The molecule has 0 bridgehead atoms. The Bertz CT molecular complexity index is 416. The van der Waals surface area contributed by atoms with Gasteiger partial charge in [-0.15, -0.1) is 11.3 Å². The molecule has 2 aromatic rings. The van der Waals surface area contributed by atoms with Crippen LogP contribution in [0.5, 0.6) is 5.06 Å². The molecule has 0 unspecified atom stereocenters. The van der Waals surface area contributed by atoms with Gasteiger partial charge in [0.2, 0.25) is 0 Å². The standard InChI is InChI=1S/C8H6BrNOS2/c1-4-8(11)13-7(10-4)6-2-5(9)3-12-6/h2-3,11H,1H3. The molecule has 0 aliphatic heterocycles. The van der Waals surface area contributed by atoms with E-state index in [-0.39, 0.29) is 0 Å². The molecule has 2 rings (SSSR count). The number of thiophene rings is 1. The van der Waals surface area contributed by atoms with E-state index >= 15 is 0 Å². The third-order valence-corrected chi connectivity index (χ3v) is 4.37. The molecule has 2 heterocycles. The fourth-order valence-corrected chi connectivity index (χ4v) is 3.22. The molecule has 0 atom stereocenters. The Morgan fingerprint density at radius 3 is 2.77 bits per heavy atom. The van der Waals surface area contributed by atoms with E-state index in [9.17, 15) is 5.11 Å². The van der Waals surface area contributed by atoms with E-state index in [1.54, 1.807) is 18.3 Å². The largest absolute Gasteiger partial charge is 0.498 e. The normalized spacial score (nSPS) is 10.6. The minimum absolute atomic E-state index is 0.305. The first-order chi connectivity index (χ1) is 6.16. The van der Waals surface area contributed by atoms with E-state index in [1.807, 2.05) is 11.4 Å². The summed E-state index contributed by atoms with van der Waals surface area (Å²) in [5, 5.41) is 12.5. The molecule has 0 radical (unpaired) electrons. The van der Waals surface area contributed by atoms with Gasteiger partial charge in [0, 0.05) is 9.85 Å². The highest BCUT2D eigenvalue weighted by molar-refractivity contribution is 9.10. The van der Waals surface area contributed by atoms with Gasteiger partial charge in [0.1, 0.15) is 5.01 Å². The van der Waals surface area contributed by atoms with E-state index < -0.39 is 0 Å². The van der Waals surface area contributed by atoms with Crippen molar-refractivity contribution in [2.45, 2.75) is 6.92 Å². The van der Waals surface area contributed by atoms with Crippen LogP contribution in [-0.4, -0.2) is 10.1 Å². The molecule has 2 aromatic heterocycles. The van der Waals surface area contributed by atoms with Gasteiger partial charge in [0.05, 0.1) is 10.6 Å². The maximum atomic E-state index is 9.36. The Morgan fingerprint density at radius 2 is 2.31 bits per heavy atom. The predicted octanol–water partition coefficient (Wildman–Crippen LogP) is 3.65. The molecule has 0 aromatic carbocycles. The lowest BCUT2D eigenvalue weighted by Crippen LogP contribution is -1.70. The van der Waals surface area contributed by atoms with Gasteiger partial charge in [-0.2, -0.15) is 0 Å². The van der Waals surface area contributed by atoms with Crippen molar-refractivity contribution in [2.75, 3.05) is 0 Å². The van der Waals surface area contributed by atoms with Crippen molar-refractivity contribution in [3.63, 3.8) is 0 Å². The van der Waals surface area contributed by atoms with Crippen LogP contribution in [0.1, 0.15) is 5.69 Å². The Morgan fingerprint density at radius 1 is 1.54 bits per heavy atom. The summed E-state index contributed by atoms with van der Waals surface area (Å²) < 4.78 is 1.06. The minimum atomic E-state index is 0.305. The summed E-state index contributed by atoms with van der Waals surface area (Å²) in [6, 6.07) is 2.00. The molecule has 0 amide bonds. The summed E-state index contributed by atoms with van der Waals surface area (Å²) in [4.78, 5) is 5.34. The third-order valence-electron chi connectivity index (χ3n) is 1.55. The zero-order valence-electron chi connectivity index (χ0n) is 6.74. The van der Waals surface area contributed by atoms with Gasteiger partial charge in [-0.3, -0.25) is 0 Å². The number of hydrogen-bond acceptors (Lipinski definition) is 4. The van der Waals surface area contributed by atoms with Crippen molar-refractivity contribution in [3.05, 3.63) is 21.6 Å². The number of nitrogens with zero attached hydrogens (tertiary/aromatic N) is 1. The lowest BCUT2D eigenvalue weighted by molar-refractivity contribution is 0.485. The van der Waals surface area contributed by atoms with E-state index in [4.69, 9.17) is 0 Å². The van der Waals surface area contributed by atoms with Crippen LogP contribution in [0.4, 0.5) is 0 Å².